The molecule has 1 aromatic carbocycles. The van der Waals surface area contributed by atoms with Gasteiger partial charge in [-0.1, -0.05) is 35.5 Å². The first-order chi connectivity index (χ1) is 14.2. The van der Waals surface area contributed by atoms with Gasteiger partial charge in [-0.25, -0.2) is 4.68 Å². The van der Waals surface area contributed by atoms with Gasteiger partial charge in [-0.05, 0) is 57.3 Å². The number of likely N-dealkylation sites (tertiary alicyclic amines) is 1. The molecule has 1 amide bonds. The zero-order valence-electron chi connectivity index (χ0n) is 17.3. The molecule has 3 heterocycles. The third kappa shape index (κ3) is 5.22. The Balaban J connectivity index is 1.25. The molecule has 0 spiro atoms. The summed E-state index contributed by atoms with van der Waals surface area (Å²) in [6.07, 6.45) is 6.02. The number of piperidine rings is 2. The summed E-state index contributed by atoms with van der Waals surface area (Å²) >= 11 is 0. The average molecular weight is 397 g/mol. The SMILES string of the molecule is CN(Cc1ccccc1)CC1CCN(C(=O)c2cn(C3CCNCC3)nn2)CC1. The molecule has 2 aromatic rings. The normalized spacial score (nSPS) is 19.0. The molecule has 0 atom stereocenters. The molecule has 1 N–H and O–H groups in total. The quantitative estimate of drug-likeness (QED) is 0.811. The van der Waals surface area contributed by atoms with Crippen molar-refractivity contribution in [1.29, 1.82) is 0 Å². The van der Waals surface area contributed by atoms with E-state index in [1.807, 2.05) is 15.8 Å². The highest BCUT2D eigenvalue weighted by molar-refractivity contribution is 5.92. The average Bonchev–Trinajstić information content (AvgIpc) is 3.25. The number of benzene rings is 1. The molecule has 2 fully saturated rings. The number of amides is 1. The van der Waals surface area contributed by atoms with Crippen LogP contribution in [0.25, 0.3) is 0 Å². The van der Waals surface area contributed by atoms with Crippen LogP contribution in [0.2, 0.25) is 0 Å². The van der Waals surface area contributed by atoms with Crippen LogP contribution >= 0.6 is 0 Å². The van der Waals surface area contributed by atoms with Crippen molar-refractivity contribution in [1.82, 2.24) is 30.1 Å². The predicted molar refractivity (Wildman–Crippen MR) is 113 cm³/mol. The van der Waals surface area contributed by atoms with Crippen molar-refractivity contribution in [3.8, 4) is 0 Å². The Morgan fingerprint density at radius 3 is 2.59 bits per heavy atom. The van der Waals surface area contributed by atoms with E-state index in [4.69, 9.17) is 0 Å². The number of hydrogen-bond acceptors (Lipinski definition) is 5. The molecule has 0 aliphatic carbocycles. The van der Waals surface area contributed by atoms with E-state index in [1.54, 1.807) is 0 Å². The van der Waals surface area contributed by atoms with Gasteiger partial charge in [0.2, 0.25) is 0 Å². The fraction of sp³-hybridized carbons (Fsp3) is 0.591. The maximum atomic E-state index is 12.9. The lowest BCUT2D eigenvalue weighted by atomic mass is 9.96. The molecule has 0 unspecified atom stereocenters. The molecule has 4 rings (SSSR count). The summed E-state index contributed by atoms with van der Waals surface area (Å²) < 4.78 is 1.89. The predicted octanol–water partition coefficient (Wildman–Crippen LogP) is 2.19. The Kier molecular flexibility index (Phi) is 6.56. The van der Waals surface area contributed by atoms with Crippen LogP contribution in [0.1, 0.15) is 47.8 Å². The molecule has 29 heavy (non-hydrogen) atoms. The lowest BCUT2D eigenvalue weighted by Crippen LogP contribution is -2.41. The number of nitrogens with one attached hydrogen (secondary N) is 1. The first-order valence-electron chi connectivity index (χ1n) is 10.8. The number of nitrogens with zero attached hydrogens (tertiary/aromatic N) is 5. The number of carbonyl (C=O) groups is 1. The number of rotatable bonds is 6. The van der Waals surface area contributed by atoms with E-state index in [0.29, 0.717) is 17.7 Å². The van der Waals surface area contributed by atoms with Crippen LogP contribution < -0.4 is 5.32 Å². The van der Waals surface area contributed by atoms with Gasteiger partial charge in [-0.15, -0.1) is 5.10 Å². The highest BCUT2D eigenvalue weighted by atomic mass is 16.2. The van der Waals surface area contributed by atoms with Crippen LogP contribution in [0.4, 0.5) is 0 Å². The number of hydrogen-bond donors (Lipinski definition) is 1. The monoisotopic (exact) mass is 396 g/mol. The van der Waals surface area contributed by atoms with Crippen LogP contribution in [-0.2, 0) is 6.54 Å². The van der Waals surface area contributed by atoms with E-state index in [-0.39, 0.29) is 5.91 Å². The van der Waals surface area contributed by atoms with Gasteiger partial charge in [0.15, 0.2) is 5.69 Å². The van der Waals surface area contributed by atoms with E-state index in [1.165, 1.54) is 5.56 Å². The lowest BCUT2D eigenvalue weighted by molar-refractivity contribution is 0.0666. The van der Waals surface area contributed by atoms with Gasteiger partial charge in [0.25, 0.3) is 5.91 Å². The van der Waals surface area contributed by atoms with Crippen molar-refractivity contribution < 1.29 is 4.79 Å². The van der Waals surface area contributed by atoms with Crippen molar-refractivity contribution in [2.45, 2.75) is 38.3 Å². The van der Waals surface area contributed by atoms with E-state index < -0.39 is 0 Å². The van der Waals surface area contributed by atoms with Gasteiger partial charge in [0.05, 0.1) is 12.2 Å². The van der Waals surface area contributed by atoms with E-state index >= 15 is 0 Å². The summed E-state index contributed by atoms with van der Waals surface area (Å²) in [6, 6.07) is 10.9. The topological polar surface area (TPSA) is 66.3 Å². The van der Waals surface area contributed by atoms with E-state index in [9.17, 15) is 4.79 Å². The van der Waals surface area contributed by atoms with Crippen LogP contribution in [0, 0.1) is 5.92 Å². The lowest BCUT2D eigenvalue weighted by Gasteiger charge is -2.33. The molecule has 0 saturated carbocycles. The van der Waals surface area contributed by atoms with Gasteiger partial charge < -0.3 is 15.1 Å². The van der Waals surface area contributed by atoms with E-state index in [2.05, 4.69) is 57.9 Å². The first-order valence-corrected chi connectivity index (χ1v) is 10.8. The standard InChI is InChI=1S/C22H32N6O/c1-26(15-18-5-3-2-4-6-18)16-19-9-13-27(14-10-19)22(29)21-17-28(25-24-21)20-7-11-23-12-8-20/h2-6,17,19-20,23H,7-16H2,1H3. The molecule has 1 aromatic heterocycles. The summed E-state index contributed by atoms with van der Waals surface area (Å²) in [7, 11) is 2.18. The fourth-order valence-corrected chi connectivity index (χ4v) is 4.51. The molecule has 7 heteroatoms. The third-order valence-electron chi connectivity index (χ3n) is 6.18. The minimum absolute atomic E-state index is 0.0290. The minimum atomic E-state index is 0.0290. The summed E-state index contributed by atoms with van der Waals surface area (Å²) in [5, 5.41) is 11.8. The molecule has 0 bridgehead atoms. The maximum absolute atomic E-state index is 12.9. The maximum Gasteiger partial charge on any atom is 0.276 e. The van der Waals surface area contributed by atoms with Gasteiger partial charge in [0, 0.05) is 26.2 Å². The van der Waals surface area contributed by atoms with Crippen LogP contribution in [-0.4, -0.2) is 70.5 Å². The third-order valence-corrected chi connectivity index (χ3v) is 6.18. The van der Waals surface area contributed by atoms with Crippen molar-refractivity contribution in [3.63, 3.8) is 0 Å². The molecular formula is C22H32N6O. The second-order valence-corrected chi connectivity index (χ2v) is 8.48. The van der Waals surface area contributed by atoms with Gasteiger partial charge in [0.1, 0.15) is 0 Å². The Morgan fingerprint density at radius 2 is 1.86 bits per heavy atom. The molecular weight excluding hydrogens is 364 g/mol. The second-order valence-electron chi connectivity index (χ2n) is 8.48. The minimum Gasteiger partial charge on any atom is -0.337 e. The molecule has 2 saturated heterocycles. The zero-order chi connectivity index (χ0) is 20.1. The Labute approximate surface area is 173 Å². The molecule has 2 aliphatic heterocycles. The number of carbonyl (C=O) groups excluding carboxylic acids is 1. The van der Waals surface area contributed by atoms with E-state index in [0.717, 1.165) is 65.0 Å². The van der Waals surface area contributed by atoms with Gasteiger partial charge in [-0.3, -0.25) is 4.79 Å². The first kappa shape index (κ1) is 20.0. The van der Waals surface area contributed by atoms with Crippen LogP contribution in [0.3, 0.4) is 0 Å². The fourth-order valence-electron chi connectivity index (χ4n) is 4.51. The van der Waals surface area contributed by atoms with Crippen molar-refractivity contribution in [3.05, 3.63) is 47.8 Å². The summed E-state index contributed by atoms with van der Waals surface area (Å²) in [5.41, 5.74) is 1.84. The smallest absolute Gasteiger partial charge is 0.276 e. The highest BCUT2D eigenvalue weighted by Crippen LogP contribution is 2.21. The Hall–Kier alpha value is -2.25. The van der Waals surface area contributed by atoms with Gasteiger partial charge >= 0.3 is 0 Å². The number of aromatic nitrogens is 3. The molecule has 2 aliphatic rings. The van der Waals surface area contributed by atoms with Gasteiger partial charge in [-0.2, -0.15) is 0 Å². The summed E-state index contributed by atoms with van der Waals surface area (Å²) in [5.74, 6) is 0.666. The molecule has 156 valence electrons. The molecule has 7 nitrogen and oxygen atoms in total. The van der Waals surface area contributed by atoms with Crippen LogP contribution in [0.5, 0.6) is 0 Å². The Bertz CT molecular complexity index is 778. The summed E-state index contributed by atoms with van der Waals surface area (Å²) in [4.78, 5) is 17.2. The largest absolute Gasteiger partial charge is 0.337 e. The molecule has 0 radical (unpaired) electrons. The van der Waals surface area contributed by atoms with Crippen molar-refractivity contribution in [2.75, 3.05) is 39.8 Å². The zero-order valence-corrected chi connectivity index (χ0v) is 17.3. The van der Waals surface area contributed by atoms with Crippen molar-refractivity contribution in [2.24, 2.45) is 5.92 Å². The Morgan fingerprint density at radius 1 is 1.14 bits per heavy atom. The van der Waals surface area contributed by atoms with Crippen LogP contribution in [0.15, 0.2) is 36.5 Å². The van der Waals surface area contributed by atoms with Crippen molar-refractivity contribution >= 4 is 5.91 Å². The second kappa shape index (κ2) is 9.50. The highest BCUT2D eigenvalue weighted by Gasteiger charge is 2.27. The summed E-state index contributed by atoms with van der Waals surface area (Å²) in [6.45, 7) is 5.66.